The monoisotopic (exact) mass is 279 g/mol. The van der Waals surface area contributed by atoms with Gasteiger partial charge in [0.05, 0.1) is 0 Å². The van der Waals surface area contributed by atoms with Crippen LogP contribution in [0.4, 0.5) is 4.79 Å². The summed E-state index contributed by atoms with van der Waals surface area (Å²) in [5.41, 5.74) is 7.78. The van der Waals surface area contributed by atoms with Crippen molar-refractivity contribution in [3.05, 3.63) is 29.3 Å². The van der Waals surface area contributed by atoms with Gasteiger partial charge in [-0.3, -0.25) is 10.1 Å². The Hall–Kier alpha value is -2.08. The van der Waals surface area contributed by atoms with Gasteiger partial charge >= 0.3 is 6.03 Å². The van der Waals surface area contributed by atoms with Crippen LogP contribution in [-0.4, -0.2) is 25.1 Å². The lowest BCUT2D eigenvalue weighted by Gasteiger charge is -2.18. The van der Waals surface area contributed by atoms with Crippen LogP contribution in [0.15, 0.2) is 18.2 Å². The van der Waals surface area contributed by atoms with Crippen molar-refractivity contribution < 1.29 is 14.3 Å². The maximum absolute atomic E-state index is 11.7. The summed E-state index contributed by atoms with van der Waals surface area (Å²) in [6.07, 6.45) is -0.799. The first-order chi connectivity index (χ1) is 9.35. The molecule has 0 bridgehead atoms. The van der Waals surface area contributed by atoms with Gasteiger partial charge in [0.2, 0.25) is 0 Å². The summed E-state index contributed by atoms with van der Waals surface area (Å²) in [7, 11) is 1.43. The van der Waals surface area contributed by atoms with Crippen LogP contribution in [0, 0.1) is 6.92 Å². The predicted octanol–water partition coefficient (Wildman–Crippen LogP) is 1.24. The highest BCUT2D eigenvalue weighted by Gasteiger charge is 2.19. The Balaban J connectivity index is 2.82. The molecule has 0 fully saturated rings. The van der Waals surface area contributed by atoms with Gasteiger partial charge in [0, 0.05) is 18.7 Å². The van der Waals surface area contributed by atoms with Gasteiger partial charge in [-0.15, -0.1) is 0 Å². The number of nitrogens with one attached hydrogen (secondary N) is 2. The molecule has 4 N–H and O–H groups in total. The van der Waals surface area contributed by atoms with Gasteiger partial charge < -0.3 is 15.8 Å². The van der Waals surface area contributed by atoms with Crippen molar-refractivity contribution in [2.75, 3.05) is 7.05 Å². The molecular formula is C14H21N3O3. The number of aryl methyl sites for hydroxylation is 1. The number of benzene rings is 1. The molecular weight excluding hydrogens is 258 g/mol. The molecule has 1 rings (SSSR count). The molecule has 0 aliphatic heterocycles. The van der Waals surface area contributed by atoms with Gasteiger partial charge in [0.25, 0.3) is 5.91 Å². The Morgan fingerprint density at radius 1 is 1.30 bits per heavy atom. The second-order valence-corrected chi connectivity index (χ2v) is 4.66. The molecule has 20 heavy (non-hydrogen) atoms. The van der Waals surface area contributed by atoms with E-state index in [1.807, 2.05) is 26.0 Å². The van der Waals surface area contributed by atoms with E-state index in [0.717, 1.165) is 11.1 Å². The number of amides is 3. The molecule has 3 amide bonds. The highest BCUT2D eigenvalue weighted by molar-refractivity contribution is 5.96. The average molecular weight is 279 g/mol. The Morgan fingerprint density at radius 2 is 1.95 bits per heavy atom. The van der Waals surface area contributed by atoms with Crippen LogP contribution < -0.4 is 21.1 Å². The van der Waals surface area contributed by atoms with Crippen molar-refractivity contribution in [2.45, 2.75) is 32.9 Å². The van der Waals surface area contributed by atoms with E-state index in [1.165, 1.54) is 7.05 Å². The number of imide groups is 1. The third-order valence-electron chi connectivity index (χ3n) is 2.79. The third kappa shape index (κ3) is 4.24. The van der Waals surface area contributed by atoms with Crippen LogP contribution >= 0.6 is 0 Å². The molecule has 0 saturated heterocycles. The van der Waals surface area contributed by atoms with Gasteiger partial charge in [0.1, 0.15) is 5.75 Å². The van der Waals surface area contributed by atoms with Crippen molar-refractivity contribution in [1.29, 1.82) is 0 Å². The van der Waals surface area contributed by atoms with E-state index in [0.29, 0.717) is 5.75 Å². The number of urea groups is 1. The van der Waals surface area contributed by atoms with Crippen LogP contribution in [-0.2, 0) is 4.79 Å². The zero-order chi connectivity index (χ0) is 15.3. The minimum Gasteiger partial charge on any atom is -0.481 e. The van der Waals surface area contributed by atoms with Crippen molar-refractivity contribution in [3.63, 3.8) is 0 Å². The highest BCUT2D eigenvalue weighted by Crippen LogP contribution is 2.25. The predicted molar refractivity (Wildman–Crippen MR) is 76.5 cm³/mol. The summed E-state index contributed by atoms with van der Waals surface area (Å²) in [6, 6.07) is 4.80. The summed E-state index contributed by atoms with van der Waals surface area (Å²) in [4.78, 5) is 22.8. The van der Waals surface area contributed by atoms with Crippen molar-refractivity contribution >= 4 is 11.9 Å². The number of ether oxygens (including phenoxy) is 1. The molecule has 6 heteroatoms. The Bertz CT molecular complexity index is 500. The summed E-state index contributed by atoms with van der Waals surface area (Å²) >= 11 is 0. The fraction of sp³-hybridized carbons (Fsp3) is 0.429. The normalized spacial score (nSPS) is 13.2. The fourth-order valence-corrected chi connectivity index (χ4v) is 1.65. The standard InChI is InChI=1S/C14H21N3O3/c1-8-5-6-12(11(7-8)9(2)15)20-10(3)13(18)17-14(19)16-4/h5-7,9-10H,15H2,1-4H3,(H2,16,17,18,19)/t9-,10?/m0/s1. The van der Waals surface area contributed by atoms with Crippen molar-refractivity contribution in [3.8, 4) is 5.75 Å². The highest BCUT2D eigenvalue weighted by atomic mass is 16.5. The molecule has 6 nitrogen and oxygen atoms in total. The van der Waals surface area contributed by atoms with E-state index in [-0.39, 0.29) is 6.04 Å². The Kier molecular flexibility index (Phi) is 5.52. The molecule has 0 aliphatic carbocycles. The zero-order valence-corrected chi connectivity index (χ0v) is 12.2. The van der Waals surface area contributed by atoms with Crippen LogP contribution in [0.25, 0.3) is 0 Å². The van der Waals surface area contributed by atoms with Crippen molar-refractivity contribution in [2.24, 2.45) is 5.73 Å². The smallest absolute Gasteiger partial charge is 0.321 e. The van der Waals surface area contributed by atoms with Gasteiger partial charge in [-0.05, 0) is 26.8 Å². The average Bonchev–Trinajstić information content (AvgIpc) is 2.40. The van der Waals surface area contributed by atoms with Crippen LogP contribution in [0.3, 0.4) is 0 Å². The first-order valence-corrected chi connectivity index (χ1v) is 6.40. The molecule has 0 heterocycles. The zero-order valence-electron chi connectivity index (χ0n) is 12.2. The molecule has 0 aromatic heterocycles. The molecule has 1 aromatic rings. The van der Waals surface area contributed by atoms with E-state index in [9.17, 15) is 9.59 Å². The number of carbonyl (C=O) groups is 2. The summed E-state index contributed by atoms with van der Waals surface area (Å²) in [6.45, 7) is 5.37. The van der Waals surface area contributed by atoms with Crippen LogP contribution in [0.5, 0.6) is 5.75 Å². The van der Waals surface area contributed by atoms with Crippen LogP contribution in [0.2, 0.25) is 0 Å². The quantitative estimate of drug-likeness (QED) is 0.773. The van der Waals surface area contributed by atoms with Crippen molar-refractivity contribution in [1.82, 2.24) is 10.6 Å². The summed E-state index contributed by atoms with van der Waals surface area (Å²) < 4.78 is 5.60. The minimum atomic E-state index is -0.799. The molecule has 110 valence electrons. The largest absolute Gasteiger partial charge is 0.481 e. The second kappa shape index (κ2) is 6.91. The Labute approximate surface area is 118 Å². The lowest BCUT2D eigenvalue weighted by Crippen LogP contribution is -2.44. The fourth-order valence-electron chi connectivity index (χ4n) is 1.65. The number of hydrogen-bond donors (Lipinski definition) is 3. The molecule has 1 unspecified atom stereocenters. The second-order valence-electron chi connectivity index (χ2n) is 4.66. The van der Waals surface area contributed by atoms with Crippen LogP contribution in [0.1, 0.15) is 31.0 Å². The third-order valence-corrected chi connectivity index (χ3v) is 2.79. The first kappa shape index (κ1) is 16.0. The lowest BCUT2D eigenvalue weighted by atomic mass is 10.1. The molecule has 0 saturated carbocycles. The molecule has 2 atom stereocenters. The van der Waals surface area contributed by atoms with E-state index in [1.54, 1.807) is 13.0 Å². The minimum absolute atomic E-state index is 0.209. The number of nitrogens with two attached hydrogens (primary N) is 1. The maximum Gasteiger partial charge on any atom is 0.321 e. The van der Waals surface area contributed by atoms with Gasteiger partial charge in [0.15, 0.2) is 6.10 Å². The molecule has 1 aromatic carbocycles. The van der Waals surface area contributed by atoms with E-state index in [2.05, 4.69) is 10.6 Å². The number of carbonyl (C=O) groups excluding carboxylic acids is 2. The number of rotatable bonds is 4. The first-order valence-electron chi connectivity index (χ1n) is 6.40. The molecule has 0 radical (unpaired) electrons. The summed E-state index contributed by atoms with van der Waals surface area (Å²) in [5, 5.41) is 4.47. The topological polar surface area (TPSA) is 93.5 Å². The Morgan fingerprint density at radius 3 is 2.50 bits per heavy atom. The maximum atomic E-state index is 11.7. The van der Waals surface area contributed by atoms with Gasteiger partial charge in [-0.25, -0.2) is 4.79 Å². The number of hydrogen-bond acceptors (Lipinski definition) is 4. The van der Waals surface area contributed by atoms with E-state index >= 15 is 0 Å². The summed E-state index contributed by atoms with van der Waals surface area (Å²) in [5.74, 6) is 0.0331. The van der Waals surface area contributed by atoms with Gasteiger partial charge in [-0.2, -0.15) is 0 Å². The SMILES string of the molecule is CNC(=O)NC(=O)C(C)Oc1ccc(C)cc1[C@H](C)N. The van der Waals surface area contributed by atoms with E-state index in [4.69, 9.17) is 10.5 Å². The lowest BCUT2D eigenvalue weighted by molar-refractivity contribution is -0.126. The molecule has 0 spiro atoms. The molecule has 0 aliphatic rings. The van der Waals surface area contributed by atoms with E-state index < -0.39 is 18.0 Å². The van der Waals surface area contributed by atoms with Gasteiger partial charge in [-0.1, -0.05) is 17.7 Å².